The topological polar surface area (TPSA) is 84.0 Å². The second-order valence-electron chi connectivity index (χ2n) is 10.6. The number of para-hydroxylation sites is 4. The predicted octanol–water partition coefficient (Wildman–Crippen LogP) is 10.1. The lowest BCUT2D eigenvalue weighted by Gasteiger charge is -2.15. The van der Waals surface area contributed by atoms with Gasteiger partial charge in [-0.1, -0.05) is 105 Å². The van der Waals surface area contributed by atoms with Crippen molar-refractivity contribution in [3.05, 3.63) is 154 Å². The molecule has 2 N–H and O–H groups in total. The molecule has 0 unspecified atom stereocenters. The number of nitrogens with zero attached hydrogens (tertiary/aromatic N) is 2. The lowest BCUT2D eigenvalue weighted by atomic mass is 10.0. The predicted molar refractivity (Wildman–Crippen MR) is 192 cm³/mol. The van der Waals surface area contributed by atoms with E-state index < -0.39 is 0 Å². The van der Waals surface area contributed by atoms with Crippen molar-refractivity contribution in [2.24, 2.45) is 0 Å². The minimum atomic E-state index is -0.317. The fourth-order valence-electron chi connectivity index (χ4n) is 5.40. The third kappa shape index (κ3) is 6.05. The molecule has 0 saturated carbocycles. The smallest absolute Gasteiger partial charge is 0.256 e. The Morgan fingerprint density at radius 2 is 0.891 bits per heavy atom. The third-order valence-corrected chi connectivity index (χ3v) is 8.57. The summed E-state index contributed by atoms with van der Waals surface area (Å²) in [4.78, 5) is 37.5. The van der Waals surface area contributed by atoms with Crippen LogP contribution in [0.1, 0.15) is 20.7 Å². The number of hydrogen-bond acceptors (Lipinski definition) is 4. The number of halogens is 2. The van der Waals surface area contributed by atoms with Crippen molar-refractivity contribution >= 4 is 76.9 Å². The lowest BCUT2D eigenvalue weighted by molar-refractivity contribution is 0.101. The number of nitrogens with one attached hydrogen (secondary N) is 2. The van der Waals surface area contributed by atoms with Gasteiger partial charge in [-0.25, -0.2) is 9.97 Å². The molecule has 0 fully saturated rings. The highest BCUT2D eigenvalue weighted by Crippen LogP contribution is 2.31. The zero-order valence-corrected chi connectivity index (χ0v) is 27.3. The molecule has 222 valence electrons. The molecule has 0 saturated heterocycles. The number of fused-ring (bicyclic) bond motifs is 2. The molecule has 0 spiro atoms. The van der Waals surface area contributed by atoms with E-state index in [-0.39, 0.29) is 11.8 Å². The molecule has 5 aromatic carbocycles. The molecule has 0 atom stereocenters. The number of hydrogen-bond donors (Lipinski definition) is 2. The summed E-state index contributed by atoms with van der Waals surface area (Å²) < 4.78 is 1.84. The third-order valence-electron chi connectivity index (χ3n) is 7.59. The number of aromatic nitrogens is 2. The molecule has 0 aliphatic carbocycles. The zero-order valence-electron chi connectivity index (χ0n) is 24.2. The molecule has 6 nitrogen and oxygen atoms in total. The van der Waals surface area contributed by atoms with Crippen LogP contribution in [0.15, 0.2) is 142 Å². The van der Waals surface area contributed by atoms with E-state index in [9.17, 15) is 9.59 Å². The molecule has 8 heteroatoms. The van der Waals surface area contributed by atoms with Crippen LogP contribution >= 0.6 is 31.9 Å². The van der Waals surface area contributed by atoms with Crippen LogP contribution in [-0.2, 0) is 0 Å². The zero-order chi connectivity index (χ0) is 31.6. The summed E-state index contributed by atoms with van der Waals surface area (Å²) in [5, 5.41) is 7.53. The largest absolute Gasteiger partial charge is 0.320 e. The van der Waals surface area contributed by atoms with Gasteiger partial charge in [0.25, 0.3) is 11.8 Å². The van der Waals surface area contributed by atoms with Crippen LogP contribution in [-0.4, -0.2) is 21.8 Å². The Bertz CT molecular complexity index is 2140. The average Bonchev–Trinajstić information content (AvgIpc) is 3.08. The van der Waals surface area contributed by atoms with Crippen LogP contribution < -0.4 is 10.6 Å². The summed E-state index contributed by atoms with van der Waals surface area (Å²) in [6.45, 7) is 0. The SMILES string of the molecule is O=C(Nc1ccccc1NC(=O)c1cc(-c2cccc(Br)c2)nc2ccccc12)c1cc(-c2cccc(Br)c2)nc2ccccc12. The maximum absolute atomic E-state index is 13.9. The van der Waals surface area contributed by atoms with Crippen molar-refractivity contribution < 1.29 is 9.59 Å². The second kappa shape index (κ2) is 12.7. The summed E-state index contributed by atoms with van der Waals surface area (Å²) >= 11 is 7.06. The molecule has 7 rings (SSSR count). The van der Waals surface area contributed by atoms with Gasteiger partial charge in [-0.2, -0.15) is 0 Å². The van der Waals surface area contributed by atoms with Crippen LogP contribution in [0, 0.1) is 0 Å². The fraction of sp³-hybridized carbons (Fsp3) is 0. The number of benzene rings is 5. The van der Waals surface area contributed by atoms with Gasteiger partial charge in [0.2, 0.25) is 0 Å². The Morgan fingerprint density at radius 1 is 0.478 bits per heavy atom. The number of amides is 2. The molecule has 2 heterocycles. The quantitative estimate of drug-likeness (QED) is 0.179. The first kappa shape index (κ1) is 29.5. The summed E-state index contributed by atoms with van der Waals surface area (Å²) in [6.07, 6.45) is 0. The van der Waals surface area contributed by atoms with Crippen LogP contribution in [0.2, 0.25) is 0 Å². The standard InChI is InChI=1S/C38H24Br2N4O2/c39-25-11-7-9-23(19-25)35-21-29(27-13-1-3-15-31(27)41-35)37(45)43-33-17-5-6-18-34(33)44-38(46)30-22-36(24-10-8-12-26(40)20-24)42-32-16-4-2-14-28(30)32/h1-22H,(H,43,45)(H,44,46). The van der Waals surface area contributed by atoms with E-state index in [4.69, 9.17) is 9.97 Å². The van der Waals surface area contributed by atoms with Crippen molar-refractivity contribution in [3.63, 3.8) is 0 Å². The van der Waals surface area contributed by atoms with E-state index in [1.165, 1.54) is 0 Å². The first-order valence-electron chi connectivity index (χ1n) is 14.5. The number of carbonyl (C=O) groups is 2. The van der Waals surface area contributed by atoms with Gasteiger partial charge in [0.1, 0.15) is 0 Å². The molecule has 7 aromatic rings. The summed E-state index contributed by atoms with van der Waals surface area (Å²) in [6, 6.07) is 41.5. The van der Waals surface area contributed by atoms with Crippen LogP contribution in [0.3, 0.4) is 0 Å². The van der Waals surface area contributed by atoms with Crippen molar-refractivity contribution in [2.45, 2.75) is 0 Å². The minimum absolute atomic E-state index is 0.317. The van der Waals surface area contributed by atoms with E-state index >= 15 is 0 Å². The van der Waals surface area contributed by atoms with Gasteiger partial charge in [0.05, 0.1) is 44.9 Å². The Morgan fingerprint density at radius 3 is 1.33 bits per heavy atom. The highest BCUT2D eigenvalue weighted by molar-refractivity contribution is 9.10. The molecular formula is C38H24Br2N4O2. The summed E-state index contributed by atoms with van der Waals surface area (Å²) in [7, 11) is 0. The van der Waals surface area contributed by atoms with Crippen molar-refractivity contribution in [1.82, 2.24) is 9.97 Å². The lowest BCUT2D eigenvalue weighted by Crippen LogP contribution is -2.17. The maximum Gasteiger partial charge on any atom is 0.256 e. The first-order valence-corrected chi connectivity index (χ1v) is 16.0. The van der Waals surface area contributed by atoms with Gasteiger partial charge in [-0.3, -0.25) is 9.59 Å². The summed E-state index contributed by atoms with van der Waals surface area (Å²) in [5.74, 6) is -0.634. The van der Waals surface area contributed by atoms with E-state index in [0.29, 0.717) is 44.9 Å². The van der Waals surface area contributed by atoms with Crippen LogP contribution in [0.4, 0.5) is 11.4 Å². The summed E-state index contributed by atoms with van der Waals surface area (Å²) in [5.41, 5.74) is 6.42. The van der Waals surface area contributed by atoms with Gasteiger partial charge < -0.3 is 10.6 Å². The number of carbonyl (C=O) groups excluding carboxylic acids is 2. The monoisotopic (exact) mass is 726 g/mol. The number of rotatable bonds is 6. The van der Waals surface area contributed by atoms with E-state index in [0.717, 1.165) is 30.8 Å². The van der Waals surface area contributed by atoms with E-state index in [1.54, 1.807) is 24.3 Å². The Hall–Kier alpha value is -5.18. The van der Waals surface area contributed by atoms with E-state index in [1.807, 2.05) is 109 Å². The van der Waals surface area contributed by atoms with Crippen molar-refractivity contribution in [2.75, 3.05) is 10.6 Å². The Labute approximate surface area is 281 Å². The molecular weight excluding hydrogens is 704 g/mol. The Balaban J connectivity index is 1.23. The van der Waals surface area contributed by atoms with Gasteiger partial charge >= 0.3 is 0 Å². The van der Waals surface area contributed by atoms with Crippen molar-refractivity contribution in [3.8, 4) is 22.5 Å². The number of anilines is 2. The minimum Gasteiger partial charge on any atom is -0.320 e. The van der Waals surface area contributed by atoms with E-state index in [2.05, 4.69) is 42.5 Å². The van der Waals surface area contributed by atoms with Crippen molar-refractivity contribution in [1.29, 1.82) is 0 Å². The van der Waals surface area contributed by atoms with Crippen LogP contribution in [0.5, 0.6) is 0 Å². The highest BCUT2D eigenvalue weighted by atomic mass is 79.9. The maximum atomic E-state index is 13.9. The molecule has 0 aliphatic rings. The molecule has 2 aromatic heterocycles. The van der Waals surface area contributed by atoms with Crippen LogP contribution in [0.25, 0.3) is 44.3 Å². The fourth-order valence-corrected chi connectivity index (χ4v) is 6.20. The number of pyridine rings is 2. The average molecular weight is 728 g/mol. The van der Waals surface area contributed by atoms with Gasteiger partial charge in [0.15, 0.2) is 0 Å². The molecule has 2 amide bonds. The molecule has 46 heavy (non-hydrogen) atoms. The normalized spacial score (nSPS) is 11.0. The van der Waals surface area contributed by atoms with Gasteiger partial charge in [-0.05, 0) is 60.7 Å². The molecule has 0 bridgehead atoms. The first-order chi connectivity index (χ1) is 22.4. The van der Waals surface area contributed by atoms with Gasteiger partial charge in [0, 0.05) is 30.8 Å². The molecule has 0 radical (unpaired) electrons. The molecule has 0 aliphatic heterocycles. The Kier molecular flexibility index (Phi) is 8.13. The van der Waals surface area contributed by atoms with Gasteiger partial charge in [-0.15, -0.1) is 0 Å². The highest BCUT2D eigenvalue weighted by Gasteiger charge is 2.19. The second-order valence-corrected chi connectivity index (χ2v) is 12.5.